The van der Waals surface area contributed by atoms with Crippen LogP contribution in [0.5, 0.6) is 0 Å². The first kappa shape index (κ1) is 13.0. The second-order valence-corrected chi connectivity index (χ2v) is 5.77. The van der Waals surface area contributed by atoms with Crippen molar-refractivity contribution < 1.29 is 0 Å². The number of nitrogens with zero attached hydrogens (tertiary/aromatic N) is 2. The quantitative estimate of drug-likeness (QED) is 0.888. The van der Waals surface area contributed by atoms with E-state index in [1.807, 2.05) is 11.3 Å². The van der Waals surface area contributed by atoms with Crippen LogP contribution in [0, 0.1) is 0 Å². The molecule has 0 amide bonds. The van der Waals surface area contributed by atoms with E-state index in [0.717, 1.165) is 19.6 Å². The number of piperazine rings is 1. The number of hydrogen-bond acceptors (Lipinski definition) is 4. The van der Waals surface area contributed by atoms with E-state index < -0.39 is 0 Å². The Morgan fingerprint density at radius 1 is 1.35 bits per heavy atom. The number of nitrogens with two attached hydrogens (primary N) is 1. The van der Waals surface area contributed by atoms with Crippen molar-refractivity contribution in [2.45, 2.75) is 25.9 Å². The van der Waals surface area contributed by atoms with E-state index in [4.69, 9.17) is 5.73 Å². The van der Waals surface area contributed by atoms with Crippen molar-refractivity contribution >= 4 is 11.3 Å². The predicted octanol–water partition coefficient (Wildman–Crippen LogP) is 1.77. The number of rotatable bonds is 4. The van der Waals surface area contributed by atoms with Crippen LogP contribution in [0.1, 0.15) is 24.8 Å². The Labute approximate surface area is 108 Å². The molecule has 3 nitrogen and oxygen atoms in total. The van der Waals surface area contributed by atoms with E-state index in [9.17, 15) is 0 Å². The Bertz CT molecular complexity index is 315. The van der Waals surface area contributed by atoms with Crippen LogP contribution in [0.3, 0.4) is 0 Å². The van der Waals surface area contributed by atoms with Crippen molar-refractivity contribution in [2.24, 2.45) is 5.73 Å². The minimum Gasteiger partial charge on any atom is -0.326 e. The highest BCUT2D eigenvalue weighted by molar-refractivity contribution is 7.10. The van der Waals surface area contributed by atoms with Gasteiger partial charge in [0.25, 0.3) is 0 Å². The summed E-state index contributed by atoms with van der Waals surface area (Å²) in [6.07, 6.45) is 0. The van der Waals surface area contributed by atoms with Crippen molar-refractivity contribution in [1.29, 1.82) is 0 Å². The largest absolute Gasteiger partial charge is 0.326 e. The zero-order valence-electron chi connectivity index (χ0n) is 10.8. The molecule has 2 atom stereocenters. The van der Waals surface area contributed by atoms with Crippen LogP contribution >= 0.6 is 11.3 Å². The van der Waals surface area contributed by atoms with Gasteiger partial charge in [-0.25, -0.2) is 0 Å². The van der Waals surface area contributed by atoms with E-state index in [2.05, 4.69) is 41.2 Å². The SMILES string of the molecule is CCN1CCN(C(c2cccs2)C(C)N)CC1. The second-order valence-electron chi connectivity index (χ2n) is 4.79. The van der Waals surface area contributed by atoms with Gasteiger partial charge in [0.05, 0.1) is 6.04 Å². The van der Waals surface area contributed by atoms with E-state index in [0.29, 0.717) is 6.04 Å². The van der Waals surface area contributed by atoms with Gasteiger partial charge in [-0.2, -0.15) is 0 Å². The summed E-state index contributed by atoms with van der Waals surface area (Å²) in [4.78, 5) is 6.45. The van der Waals surface area contributed by atoms with Gasteiger partial charge in [-0.1, -0.05) is 13.0 Å². The third-order valence-corrected chi connectivity index (χ3v) is 4.52. The summed E-state index contributed by atoms with van der Waals surface area (Å²) in [5, 5.41) is 2.15. The Balaban J connectivity index is 2.03. The molecule has 0 bridgehead atoms. The summed E-state index contributed by atoms with van der Waals surface area (Å²) in [6, 6.07) is 4.93. The Hall–Kier alpha value is -0.420. The van der Waals surface area contributed by atoms with E-state index in [1.54, 1.807) is 0 Å². The average Bonchev–Trinajstić information content (AvgIpc) is 2.83. The van der Waals surface area contributed by atoms with Crippen LogP contribution in [0.4, 0.5) is 0 Å². The van der Waals surface area contributed by atoms with Crippen LogP contribution in [0.15, 0.2) is 17.5 Å². The molecule has 1 saturated heterocycles. The monoisotopic (exact) mass is 253 g/mol. The van der Waals surface area contributed by atoms with Gasteiger partial charge in [0.2, 0.25) is 0 Å². The fourth-order valence-electron chi connectivity index (χ4n) is 2.59. The fraction of sp³-hybridized carbons (Fsp3) is 0.692. The zero-order chi connectivity index (χ0) is 12.3. The van der Waals surface area contributed by atoms with Crippen molar-refractivity contribution in [3.63, 3.8) is 0 Å². The molecule has 2 heterocycles. The number of likely N-dealkylation sites (N-methyl/N-ethyl adjacent to an activating group) is 1. The van der Waals surface area contributed by atoms with Gasteiger partial charge < -0.3 is 10.6 Å². The first-order valence-electron chi connectivity index (χ1n) is 6.47. The van der Waals surface area contributed by atoms with Gasteiger partial charge >= 0.3 is 0 Å². The Morgan fingerprint density at radius 2 is 2.06 bits per heavy atom. The molecule has 0 radical (unpaired) electrons. The normalized spacial score (nSPS) is 22.5. The van der Waals surface area contributed by atoms with Gasteiger partial charge in [0.1, 0.15) is 0 Å². The van der Waals surface area contributed by atoms with Gasteiger partial charge in [-0.05, 0) is 24.9 Å². The van der Waals surface area contributed by atoms with Crippen LogP contribution < -0.4 is 5.73 Å². The first-order valence-corrected chi connectivity index (χ1v) is 7.35. The highest BCUT2D eigenvalue weighted by atomic mass is 32.1. The van der Waals surface area contributed by atoms with E-state index in [1.165, 1.54) is 18.0 Å². The Morgan fingerprint density at radius 3 is 2.53 bits per heavy atom. The molecule has 1 aromatic rings. The lowest BCUT2D eigenvalue weighted by Gasteiger charge is -2.40. The van der Waals surface area contributed by atoms with Crippen molar-refractivity contribution in [3.05, 3.63) is 22.4 Å². The summed E-state index contributed by atoms with van der Waals surface area (Å²) in [6.45, 7) is 10.1. The maximum Gasteiger partial charge on any atom is 0.0591 e. The van der Waals surface area contributed by atoms with Gasteiger partial charge in [-0.15, -0.1) is 11.3 Å². The smallest absolute Gasteiger partial charge is 0.0591 e. The van der Waals surface area contributed by atoms with Crippen molar-refractivity contribution in [1.82, 2.24) is 9.80 Å². The first-order chi connectivity index (χ1) is 8.22. The molecule has 0 spiro atoms. The third-order valence-electron chi connectivity index (χ3n) is 3.58. The molecule has 1 aliphatic heterocycles. The standard InChI is InChI=1S/C13H23N3S/c1-3-15-6-8-16(9-7-15)13(11(2)14)12-5-4-10-17-12/h4-5,10-11,13H,3,6-9,14H2,1-2H3. The summed E-state index contributed by atoms with van der Waals surface area (Å²) in [5.41, 5.74) is 6.18. The van der Waals surface area contributed by atoms with Crippen LogP contribution in [0.25, 0.3) is 0 Å². The molecular formula is C13H23N3S. The molecule has 0 aliphatic carbocycles. The number of hydrogen-bond donors (Lipinski definition) is 1. The van der Waals surface area contributed by atoms with Crippen molar-refractivity contribution in [3.8, 4) is 0 Å². The van der Waals surface area contributed by atoms with Gasteiger partial charge in [-0.3, -0.25) is 4.90 Å². The summed E-state index contributed by atoms with van der Waals surface area (Å²) >= 11 is 1.82. The lowest BCUT2D eigenvalue weighted by Crippen LogP contribution is -2.50. The maximum atomic E-state index is 6.18. The molecule has 1 fully saturated rings. The highest BCUT2D eigenvalue weighted by Gasteiger charge is 2.27. The molecular weight excluding hydrogens is 230 g/mol. The molecule has 2 N–H and O–H groups in total. The Kier molecular flexibility index (Phi) is 4.56. The molecule has 17 heavy (non-hydrogen) atoms. The summed E-state index contributed by atoms with van der Waals surface area (Å²) in [7, 11) is 0. The number of thiophene rings is 1. The molecule has 1 aliphatic rings. The lowest BCUT2D eigenvalue weighted by atomic mass is 10.1. The molecule has 0 aromatic carbocycles. The molecule has 2 unspecified atom stereocenters. The topological polar surface area (TPSA) is 32.5 Å². The molecule has 0 saturated carbocycles. The minimum atomic E-state index is 0.196. The second kappa shape index (κ2) is 5.96. The van der Waals surface area contributed by atoms with Gasteiger partial charge in [0.15, 0.2) is 0 Å². The lowest BCUT2D eigenvalue weighted by molar-refractivity contribution is 0.0913. The fourth-order valence-corrected chi connectivity index (χ4v) is 3.56. The van der Waals surface area contributed by atoms with E-state index in [-0.39, 0.29) is 6.04 Å². The van der Waals surface area contributed by atoms with E-state index >= 15 is 0 Å². The summed E-state index contributed by atoms with van der Waals surface area (Å²) in [5.74, 6) is 0. The predicted molar refractivity (Wildman–Crippen MR) is 74.4 cm³/mol. The molecule has 4 heteroatoms. The average molecular weight is 253 g/mol. The highest BCUT2D eigenvalue weighted by Crippen LogP contribution is 2.28. The molecule has 96 valence electrons. The molecule has 2 rings (SSSR count). The third kappa shape index (κ3) is 3.07. The summed E-state index contributed by atoms with van der Waals surface area (Å²) < 4.78 is 0. The maximum absolute atomic E-state index is 6.18. The minimum absolute atomic E-state index is 0.196. The van der Waals surface area contributed by atoms with Crippen molar-refractivity contribution in [2.75, 3.05) is 32.7 Å². The van der Waals surface area contributed by atoms with Crippen LogP contribution in [-0.4, -0.2) is 48.6 Å². The zero-order valence-corrected chi connectivity index (χ0v) is 11.6. The van der Waals surface area contributed by atoms with Gasteiger partial charge in [0, 0.05) is 37.1 Å². The van der Waals surface area contributed by atoms with Crippen LogP contribution in [0.2, 0.25) is 0 Å². The van der Waals surface area contributed by atoms with Crippen LogP contribution in [-0.2, 0) is 0 Å². The molecule has 1 aromatic heterocycles.